The van der Waals surface area contributed by atoms with Crippen molar-refractivity contribution in [3.8, 4) is 5.75 Å². The Morgan fingerprint density at radius 3 is 2.57 bits per heavy atom. The van der Waals surface area contributed by atoms with Crippen LogP contribution in [0.15, 0.2) is 42.5 Å². The lowest BCUT2D eigenvalue weighted by Gasteiger charge is -2.30. The van der Waals surface area contributed by atoms with Crippen molar-refractivity contribution in [1.82, 2.24) is 0 Å². The van der Waals surface area contributed by atoms with Gasteiger partial charge in [0, 0.05) is 12.1 Å². The van der Waals surface area contributed by atoms with Gasteiger partial charge < -0.3 is 9.64 Å². The van der Waals surface area contributed by atoms with E-state index >= 15 is 0 Å². The summed E-state index contributed by atoms with van der Waals surface area (Å²) < 4.78 is 5.17. The van der Waals surface area contributed by atoms with E-state index < -0.39 is 0 Å². The lowest BCUT2D eigenvalue weighted by atomic mass is 9.99. The molecule has 21 heavy (non-hydrogen) atoms. The van der Waals surface area contributed by atoms with Crippen LogP contribution in [0.4, 0.5) is 5.69 Å². The van der Waals surface area contributed by atoms with Crippen molar-refractivity contribution in [1.29, 1.82) is 0 Å². The fourth-order valence-corrected chi connectivity index (χ4v) is 2.73. The minimum absolute atomic E-state index is 0.198. The van der Waals surface area contributed by atoms with Crippen LogP contribution in [-0.2, 0) is 17.8 Å². The normalized spacial score (nSPS) is 14.0. The number of carbonyl (C=O) groups excluding carboxylic acids is 1. The smallest absolute Gasteiger partial charge is 0.227 e. The molecule has 3 heteroatoms. The Kier molecular flexibility index (Phi) is 3.65. The van der Waals surface area contributed by atoms with Crippen LogP contribution in [0.1, 0.15) is 23.1 Å². The Morgan fingerprint density at radius 2 is 1.86 bits per heavy atom. The third kappa shape index (κ3) is 2.77. The van der Waals surface area contributed by atoms with Crippen LogP contribution in [0.3, 0.4) is 0 Å². The van der Waals surface area contributed by atoms with Gasteiger partial charge in [0.25, 0.3) is 0 Å². The molecule has 0 N–H and O–H groups in total. The van der Waals surface area contributed by atoms with E-state index in [0.717, 1.165) is 23.4 Å². The number of fused-ring (bicyclic) bond motifs is 1. The van der Waals surface area contributed by atoms with Crippen LogP contribution < -0.4 is 9.64 Å². The van der Waals surface area contributed by atoms with E-state index in [0.29, 0.717) is 13.0 Å². The van der Waals surface area contributed by atoms with Crippen LogP contribution >= 0.6 is 0 Å². The van der Waals surface area contributed by atoms with Crippen molar-refractivity contribution in [2.75, 3.05) is 12.0 Å². The van der Waals surface area contributed by atoms with Gasteiger partial charge in [0.1, 0.15) is 5.75 Å². The third-order valence-corrected chi connectivity index (χ3v) is 3.94. The van der Waals surface area contributed by atoms with Crippen LogP contribution in [0.25, 0.3) is 0 Å². The van der Waals surface area contributed by atoms with E-state index in [1.54, 1.807) is 7.11 Å². The van der Waals surface area contributed by atoms with E-state index in [4.69, 9.17) is 4.74 Å². The number of nitrogens with zero attached hydrogens (tertiary/aromatic N) is 1. The lowest BCUT2D eigenvalue weighted by molar-refractivity contribution is -0.119. The molecule has 108 valence electrons. The zero-order valence-corrected chi connectivity index (χ0v) is 12.4. The molecule has 0 atom stereocenters. The highest BCUT2D eigenvalue weighted by molar-refractivity contribution is 5.96. The molecule has 0 spiro atoms. The predicted molar refractivity (Wildman–Crippen MR) is 83.7 cm³/mol. The van der Waals surface area contributed by atoms with Crippen molar-refractivity contribution in [2.45, 2.75) is 26.3 Å². The Bertz CT molecular complexity index is 661. The summed E-state index contributed by atoms with van der Waals surface area (Å²) in [6.07, 6.45) is 1.43. The standard InChI is InChI=1S/C18H19NO2/c1-13-3-6-15-7-10-18(20)19(17(15)11-13)12-14-4-8-16(21-2)9-5-14/h3-6,8-9,11H,7,10,12H2,1-2H3. The summed E-state index contributed by atoms with van der Waals surface area (Å²) in [5, 5.41) is 0. The maximum atomic E-state index is 12.3. The van der Waals surface area contributed by atoms with Gasteiger partial charge in [-0.25, -0.2) is 0 Å². The third-order valence-electron chi connectivity index (χ3n) is 3.94. The van der Waals surface area contributed by atoms with Gasteiger partial charge in [0.05, 0.1) is 13.7 Å². The molecule has 0 radical (unpaired) electrons. The molecule has 0 fully saturated rings. The zero-order valence-electron chi connectivity index (χ0n) is 12.4. The summed E-state index contributed by atoms with van der Waals surface area (Å²) in [6, 6.07) is 14.2. The Hall–Kier alpha value is -2.29. The molecule has 2 aromatic rings. The van der Waals surface area contributed by atoms with Crippen molar-refractivity contribution in [3.63, 3.8) is 0 Å². The van der Waals surface area contributed by atoms with Gasteiger partial charge in [-0.3, -0.25) is 4.79 Å². The molecule has 0 saturated carbocycles. The summed E-state index contributed by atoms with van der Waals surface area (Å²) in [5.41, 5.74) is 4.61. The number of amides is 1. The van der Waals surface area contributed by atoms with Crippen LogP contribution in [-0.4, -0.2) is 13.0 Å². The van der Waals surface area contributed by atoms with Crippen molar-refractivity contribution in [2.24, 2.45) is 0 Å². The van der Waals surface area contributed by atoms with Gasteiger partial charge >= 0.3 is 0 Å². The van der Waals surface area contributed by atoms with Crippen LogP contribution in [0, 0.1) is 6.92 Å². The largest absolute Gasteiger partial charge is 0.497 e. The number of benzene rings is 2. The Balaban J connectivity index is 1.90. The maximum absolute atomic E-state index is 12.3. The predicted octanol–water partition coefficient (Wildman–Crippen LogP) is 3.48. The van der Waals surface area contributed by atoms with E-state index in [1.165, 1.54) is 11.1 Å². The molecule has 1 aliphatic heterocycles. The van der Waals surface area contributed by atoms with Gasteiger partial charge in [-0.15, -0.1) is 0 Å². The number of methoxy groups -OCH3 is 1. The topological polar surface area (TPSA) is 29.5 Å². The summed E-state index contributed by atoms with van der Waals surface area (Å²) >= 11 is 0. The second-order valence-corrected chi connectivity index (χ2v) is 5.46. The van der Waals surface area contributed by atoms with Gasteiger partial charge in [0.2, 0.25) is 5.91 Å². The van der Waals surface area contributed by atoms with E-state index in [9.17, 15) is 4.79 Å². The van der Waals surface area contributed by atoms with Crippen molar-refractivity contribution in [3.05, 3.63) is 59.2 Å². The van der Waals surface area contributed by atoms with E-state index in [1.807, 2.05) is 29.2 Å². The van der Waals surface area contributed by atoms with E-state index in [-0.39, 0.29) is 5.91 Å². The molecule has 0 bridgehead atoms. The van der Waals surface area contributed by atoms with Crippen LogP contribution in [0.2, 0.25) is 0 Å². The number of hydrogen-bond acceptors (Lipinski definition) is 2. The van der Waals surface area contributed by atoms with Crippen LogP contribution in [0.5, 0.6) is 5.75 Å². The summed E-state index contributed by atoms with van der Waals surface area (Å²) in [4.78, 5) is 14.2. The molecule has 0 unspecified atom stereocenters. The van der Waals surface area contributed by atoms with Gasteiger partial charge in [-0.2, -0.15) is 0 Å². The SMILES string of the molecule is COc1ccc(CN2C(=O)CCc3ccc(C)cc32)cc1. The number of carbonyl (C=O) groups is 1. The molecule has 3 rings (SSSR count). The second kappa shape index (κ2) is 5.60. The fourth-order valence-electron chi connectivity index (χ4n) is 2.73. The number of ether oxygens (including phenoxy) is 1. The van der Waals surface area contributed by atoms with Gasteiger partial charge in [-0.05, 0) is 48.2 Å². The first kappa shape index (κ1) is 13.7. The lowest BCUT2D eigenvalue weighted by Crippen LogP contribution is -2.34. The average Bonchev–Trinajstić information content (AvgIpc) is 2.51. The number of anilines is 1. The molecule has 1 amide bonds. The highest BCUT2D eigenvalue weighted by atomic mass is 16.5. The molecule has 0 saturated heterocycles. The summed E-state index contributed by atoms with van der Waals surface area (Å²) in [7, 11) is 1.65. The molecular weight excluding hydrogens is 262 g/mol. The number of rotatable bonds is 3. The monoisotopic (exact) mass is 281 g/mol. The number of hydrogen-bond donors (Lipinski definition) is 0. The minimum atomic E-state index is 0.198. The second-order valence-electron chi connectivity index (χ2n) is 5.46. The van der Waals surface area contributed by atoms with Gasteiger partial charge in [-0.1, -0.05) is 24.3 Å². The van der Waals surface area contributed by atoms with Crippen molar-refractivity contribution < 1.29 is 9.53 Å². The van der Waals surface area contributed by atoms with Gasteiger partial charge in [0.15, 0.2) is 0 Å². The first-order valence-electron chi connectivity index (χ1n) is 7.20. The Labute approximate surface area is 125 Å². The van der Waals surface area contributed by atoms with Crippen molar-refractivity contribution >= 4 is 11.6 Å². The first-order chi connectivity index (χ1) is 10.2. The number of aryl methyl sites for hydroxylation is 2. The summed E-state index contributed by atoms with van der Waals surface area (Å²) in [5.74, 6) is 1.03. The zero-order chi connectivity index (χ0) is 14.8. The fraction of sp³-hybridized carbons (Fsp3) is 0.278. The molecule has 3 nitrogen and oxygen atoms in total. The molecular formula is C18H19NO2. The van der Waals surface area contributed by atoms with E-state index in [2.05, 4.69) is 25.1 Å². The summed E-state index contributed by atoms with van der Waals surface area (Å²) in [6.45, 7) is 2.67. The molecule has 0 aromatic heterocycles. The average molecular weight is 281 g/mol. The molecule has 2 aromatic carbocycles. The highest BCUT2D eigenvalue weighted by Gasteiger charge is 2.24. The Morgan fingerprint density at radius 1 is 1.10 bits per heavy atom. The highest BCUT2D eigenvalue weighted by Crippen LogP contribution is 2.30. The maximum Gasteiger partial charge on any atom is 0.227 e. The quantitative estimate of drug-likeness (QED) is 0.862. The molecule has 1 aliphatic rings. The molecule has 0 aliphatic carbocycles. The first-order valence-corrected chi connectivity index (χ1v) is 7.20. The minimum Gasteiger partial charge on any atom is -0.497 e. The molecule has 1 heterocycles.